The van der Waals surface area contributed by atoms with E-state index in [0.29, 0.717) is 63.3 Å². The fourth-order valence-electron chi connectivity index (χ4n) is 7.99. The number of rotatable bonds is 16. The van der Waals surface area contributed by atoms with Crippen LogP contribution in [0.5, 0.6) is 5.75 Å². The molecule has 0 aromatic heterocycles. The van der Waals surface area contributed by atoms with Crippen molar-refractivity contribution in [1.29, 1.82) is 10.5 Å². The number of carbonyl (C=O) groups is 10. The number of Topliss-reactive ketones (excluding diaryl/α,β-unsaturated/α-hetero) is 1. The number of nitro benzene ring substituents is 1. The van der Waals surface area contributed by atoms with E-state index in [1.165, 1.54) is 31.2 Å². The zero-order chi connectivity index (χ0) is 56.5. The number of unbranched alkanes of at least 4 members (excludes halogenated alkanes) is 1. The number of hydrogen-bond donors (Lipinski definition) is 0. The number of nitriles is 2. The first-order valence-corrected chi connectivity index (χ1v) is 23.7. The first-order chi connectivity index (χ1) is 36.7. The number of terminal acetylenes is 1. The van der Waals surface area contributed by atoms with Gasteiger partial charge in [0.2, 0.25) is 0 Å². The van der Waals surface area contributed by atoms with Crippen LogP contribution in [0.2, 0.25) is 0 Å². The van der Waals surface area contributed by atoms with E-state index >= 15 is 0 Å². The van der Waals surface area contributed by atoms with Crippen molar-refractivity contribution in [3.8, 4) is 30.2 Å². The molecule has 6 amide bonds. The Kier molecular flexibility index (Phi) is 20.4. The van der Waals surface area contributed by atoms with Gasteiger partial charge < -0.3 is 18.9 Å². The molecule has 3 aromatic carbocycles. The number of imide groups is 3. The summed E-state index contributed by atoms with van der Waals surface area (Å²) in [6.07, 6.45) is 0.639. The third-order valence-corrected chi connectivity index (χ3v) is 12.1. The number of aryl methyl sites for hydroxylation is 1. The van der Waals surface area contributed by atoms with E-state index < -0.39 is 94.9 Å². The summed E-state index contributed by atoms with van der Waals surface area (Å²) >= 11 is 0. The Morgan fingerprint density at radius 1 is 0.675 bits per heavy atom. The maximum Gasteiger partial charge on any atom is 0.534 e. The summed E-state index contributed by atoms with van der Waals surface area (Å²) in [4.78, 5) is 141. The smallest absolute Gasteiger partial charge is 0.497 e. The molecule has 25 nitrogen and oxygen atoms in total. The fourth-order valence-corrected chi connectivity index (χ4v) is 7.99. The summed E-state index contributed by atoms with van der Waals surface area (Å²) in [6.45, 7) is 4.89. The molecule has 1 aliphatic carbocycles. The lowest BCUT2D eigenvalue weighted by atomic mass is 9.94. The minimum Gasteiger partial charge on any atom is -0.497 e. The van der Waals surface area contributed by atoms with E-state index in [9.17, 15) is 68.6 Å². The van der Waals surface area contributed by atoms with Gasteiger partial charge in [0, 0.05) is 62.6 Å². The molecule has 0 radical (unpaired) electrons. The maximum absolute atomic E-state index is 12.9. The summed E-state index contributed by atoms with van der Waals surface area (Å²) in [6, 6.07) is 21.7. The van der Waals surface area contributed by atoms with Gasteiger partial charge in [0.15, 0.2) is 5.78 Å². The van der Waals surface area contributed by atoms with E-state index in [-0.39, 0.29) is 50.0 Å². The molecule has 0 N–H and O–H groups in total. The fraction of sp³-hybridized carbons (Fsp3) is 0.385. The van der Waals surface area contributed by atoms with Gasteiger partial charge in [-0.05, 0) is 74.9 Å². The number of nitro groups is 1. The number of carbonyl (C=O) groups excluding carboxylic acids is 10. The van der Waals surface area contributed by atoms with E-state index in [0.717, 1.165) is 11.1 Å². The number of amides is 6. The molecule has 0 bridgehead atoms. The zero-order valence-corrected chi connectivity index (χ0v) is 41.9. The van der Waals surface area contributed by atoms with Crippen molar-refractivity contribution in [2.24, 2.45) is 5.92 Å². The van der Waals surface area contributed by atoms with Crippen LogP contribution in [-0.2, 0) is 63.9 Å². The van der Waals surface area contributed by atoms with Gasteiger partial charge in [0.1, 0.15) is 35.9 Å². The van der Waals surface area contributed by atoms with Gasteiger partial charge in [0.25, 0.3) is 41.1 Å². The number of ketones is 1. The topological polar surface area (TPSA) is 336 Å². The highest BCUT2D eigenvalue weighted by Crippen LogP contribution is 2.35. The predicted octanol–water partition coefficient (Wildman–Crippen LogP) is 6.46. The van der Waals surface area contributed by atoms with Crippen LogP contribution in [0.25, 0.3) is 0 Å². The lowest BCUT2D eigenvalue weighted by Crippen LogP contribution is -2.36. The van der Waals surface area contributed by atoms with Crippen LogP contribution in [0.15, 0.2) is 66.7 Å². The third kappa shape index (κ3) is 15.4. The van der Waals surface area contributed by atoms with Crippen LogP contribution < -0.4 is 4.74 Å². The number of ether oxygens (including phenoxy) is 4. The van der Waals surface area contributed by atoms with Crippen molar-refractivity contribution in [3.63, 3.8) is 0 Å². The molecule has 7 rings (SSSR count). The summed E-state index contributed by atoms with van der Waals surface area (Å²) in [5.74, 6) is -2.90. The van der Waals surface area contributed by atoms with Crippen molar-refractivity contribution >= 4 is 65.4 Å². The van der Waals surface area contributed by atoms with E-state index in [1.54, 1.807) is 44.4 Å². The van der Waals surface area contributed by atoms with Crippen LogP contribution >= 0.6 is 0 Å². The van der Waals surface area contributed by atoms with Gasteiger partial charge in [-0.2, -0.15) is 10.5 Å². The molecule has 3 saturated heterocycles. The highest BCUT2D eigenvalue weighted by molar-refractivity contribution is 6.04. The lowest BCUT2D eigenvalue weighted by molar-refractivity contribution is -0.384. The number of hydroxylamine groups is 6. The first-order valence-electron chi connectivity index (χ1n) is 23.7. The summed E-state index contributed by atoms with van der Waals surface area (Å²) in [5.41, 5.74) is 3.38. The van der Waals surface area contributed by atoms with Gasteiger partial charge in [-0.1, -0.05) is 57.2 Å². The Hall–Kier alpha value is -9.70. The summed E-state index contributed by atoms with van der Waals surface area (Å²) in [7, 11) is 1.54. The molecule has 25 heteroatoms. The van der Waals surface area contributed by atoms with Crippen LogP contribution in [0, 0.1) is 58.0 Å². The van der Waals surface area contributed by atoms with Gasteiger partial charge in [-0.25, -0.2) is 14.4 Å². The maximum atomic E-state index is 12.9. The van der Waals surface area contributed by atoms with Gasteiger partial charge in [-0.3, -0.25) is 58.2 Å². The molecule has 0 spiro atoms. The molecule has 3 aromatic rings. The highest BCUT2D eigenvalue weighted by atomic mass is 16.8. The van der Waals surface area contributed by atoms with E-state index in [2.05, 4.69) is 21.7 Å². The molecular weight excluding hydrogens is 1010 g/mol. The number of benzene rings is 3. The Morgan fingerprint density at radius 3 is 1.48 bits per heavy atom. The number of methoxy groups -OCH3 is 1. The van der Waals surface area contributed by atoms with Gasteiger partial charge in [0.05, 0.1) is 30.1 Å². The van der Waals surface area contributed by atoms with Crippen LogP contribution in [0.4, 0.5) is 20.1 Å². The minimum absolute atomic E-state index is 0.00581. The number of fused-ring (bicyclic) bond motifs is 1. The monoisotopic (exact) mass is 1060 g/mol. The molecular formula is C52H50N6O19. The number of nitrogens with zero attached hydrogens (tertiary/aromatic N) is 6. The minimum atomic E-state index is -1.29. The van der Waals surface area contributed by atoms with E-state index in [1.807, 2.05) is 25.1 Å². The second-order valence-electron chi connectivity index (χ2n) is 17.3. The quantitative estimate of drug-likeness (QED) is 0.0282. The predicted molar refractivity (Wildman–Crippen MR) is 257 cm³/mol. The van der Waals surface area contributed by atoms with Crippen LogP contribution in [0.3, 0.4) is 0 Å². The van der Waals surface area contributed by atoms with Gasteiger partial charge >= 0.3 is 18.5 Å². The Morgan fingerprint density at radius 2 is 1.09 bits per heavy atom. The van der Waals surface area contributed by atoms with Crippen molar-refractivity contribution < 1.29 is 86.3 Å². The highest BCUT2D eigenvalue weighted by Gasteiger charge is 2.41. The molecule has 6 atom stereocenters. The lowest BCUT2D eigenvalue weighted by Gasteiger charge is -2.23. The third-order valence-electron chi connectivity index (χ3n) is 12.1. The second kappa shape index (κ2) is 27.0. The van der Waals surface area contributed by atoms with E-state index in [4.69, 9.17) is 30.2 Å². The standard InChI is InChI=1S/C21H21NO7.C16H16N2O5.C15H13N3O7/c1-3-4-5-6-17(28-21(26)29-22-18(23)9-10-19(22)24)16-12-13-11-14(27-2)7-8-15(13)20(16)25;1-10-3-5-12(6-4-10)13(9-17)11(2)22-16(21)23-18-14(19)7-8-15(18)20;1-9(24-15(21)25-17-13(19)6-7-14(17)20)12(8-16)10-2-4-11(5-3-10)18(22)23/h1,7-8,11,16-17H,4-6,9-10,12H2,2H3;3-6,11,13H,7-8H2,1-2H3;2-5,9,12H,6-7H2,1H3. The second-order valence-corrected chi connectivity index (χ2v) is 17.3. The molecule has 3 aliphatic heterocycles. The van der Waals surface area contributed by atoms with Crippen LogP contribution in [-0.4, -0.2) is 105 Å². The van der Waals surface area contributed by atoms with Gasteiger partial charge in [-0.15, -0.1) is 12.3 Å². The average Bonchev–Trinajstić information content (AvgIpc) is 4.11. The molecule has 3 fully saturated rings. The average molecular weight is 1060 g/mol. The van der Waals surface area contributed by atoms with Crippen molar-refractivity contribution in [3.05, 3.63) is 105 Å². The summed E-state index contributed by atoms with van der Waals surface area (Å²) < 4.78 is 20.5. The largest absolute Gasteiger partial charge is 0.534 e. The Bertz CT molecular complexity index is 2870. The van der Waals surface area contributed by atoms with Crippen molar-refractivity contribution in [2.75, 3.05) is 7.11 Å². The van der Waals surface area contributed by atoms with Crippen LogP contribution in [0.1, 0.15) is 116 Å². The molecule has 6 unspecified atom stereocenters. The number of non-ortho nitro benzene ring substituents is 1. The number of hydrogen-bond acceptors (Lipinski definition) is 21. The van der Waals surface area contributed by atoms with Crippen molar-refractivity contribution in [2.45, 2.75) is 115 Å². The molecule has 402 valence electrons. The Labute approximate surface area is 439 Å². The molecule has 3 heterocycles. The normalized spacial score (nSPS) is 17.3. The Balaban J connectivity index is 0.000000215. The first kappa shape index (κ1) is 58.2. The zero-order valence-electron chi connectivity index (χ0n) is 41.9. The molecule has 0 saturated carbocycles. The SMILES string of the molecule is C#CCCCC(OC(=O)ON1C(=O)CCC1=O)C1Cc2cc(OC)ccc2C1=O.CC(OC(=O)ON1C(=O)CCC1=O)C(C#N)c1ccc([N+](=O)[O-])cc1.Cc1ccc(C(C#N)C(C)OC(=O)ON2C(=O)CCC2=O)cc1. The van der Waals surface area contributed by atoms with Crippen molar-refractivity contribution in [1.82, 2.24) is 15.2 Å². The summed E-state index contributed by atoms with van der Waals surface area (Å²) in [5, 5.41) is 30.4. The molecule has 77 heavy (non-hydrogen) atoms. The molecule has 4 aliphatic rings.